The van der Waals surface area contributed by atoms with Gasteiger partial charge in [0.25, 0.3) is 0 Å². The molecule has 0 aliphatic carbocycles. The molecule has 3 N–H and O–H groups in total. The minimum atomic E-state index is 0.518. The number of thiazole rings is 2. The van der Waals surface area contributed by atoms with E-state index < -0.39 is 0 Å². The summed E-state index contributed by atoms with van der Waals surface area (Å²) in [7, 11) is 0. The molecule has 0 aromatic carbocycles. The van der Waals surface area contributed by atoms with Gasteiger partial charge in [0.05, 0.1) is 10.7 Å². The Morgan fingerprint density at radius 2 is 2.31 bits per heavy atom. The summed E-state index contributed by atoms with van der Waals surface area (Å²) in [5, 5.41) is 7.55. The van der Waals surface area contributed by atoms with Crippen LogP contribution in [0.2, 0.25) is 0 Å². The molecule has 0 spiro atoms. The van der Waals surface area contributed by atoms with Gasteiger partial charge in [0, 0.05) is 36.1 Å². The van der Waals surface area contributed by atoms with Crippen molar-refractivity contribution in [1.29, 1.82) is 0 Å². The molecule has 2 aromatic heterocycles. The van der Waals surface area contributed by atoms with Gasteiger partial charge >= 0.3 is 0 Å². The monoisotopic (exact) mass is 254 g/mol. The first-order valence-corrected chi connectivity index (χ1v) is 6.73. The summed E-state index contributed by atoms with van der Waals surface area (Å²) in [6.45, 7) is 4.18. The maximum absolute atomic E-state index is 5.50. The fourth-order valence-electron chi connectivity index (χ4n) is 1.30. The van der Waals surface area contributed by atoms with E-state index in [9.17, 15) is 0 Å². The molecule has 0 aliphatic heterocycles. The Balaban J connectivity index is 1.79. The fourth-order valence-corrected chi connectivity index (χ4v) is 2.84. The number of hydrogen-bond acceptors (Lipinski definition) is 6. The minimum absolute atomic E-state index is 0.518. The molecule has 0 bridgehead atoms. The summed E-state index contributed by atoms with van der Waals surface area (Å²) < 4.78 is 0. The molecule has 0 aliphatic rings. The highest BCUT2D eigenvalue weighted by Gasteiger charge is 2.01. The topological polar surface area (TPSA) is 63.8 Å². The highest BCUT2D eigenvalue weighted by Crippen LogP contribution is 2.12. The zero-order valence-electron chi connectivity index (χ0n) is 9.06. The van der Waals surface area contributed by atoms with Gasteiger partial charge in [-0.25, -0.2) is 9.97 Å². The summed E-state index contributed by atoms with van der Waals surface area (Å²) in [4.78, 5) is 9.85. The lowest BCUT2D eigenvalue weighted by atomic mass is 10.5. The summed E-state index contributed by atoms with van der Waals surface area (Å²) in [5.41, 5.74) is 6.47. The second-order valence-corrected chi connectivity index (χ2v) is 5.65. The Morgan fingerprint density at radius 3 is 2.94 bits per heavy atom. The first-order valence-electron chi connectivity index (χ1n) is 5.03. The molecule has 2 heterocycles. The van der Waals surface area contributed by atoms with Gasteiger partial charge in [-0.15, -0.1) is 22.7 Å². The number of rotatable bonds is 5. The van der Waals surface area contributed by atoms with Crippen LogP contribution in [0, 0.1) is 6.92 Å². The van der Waals surface area contributed by atoms with Crippen LogP contribution in [0.15, 0.2) is 11.6 Å². The third-order valence-electron chi connectivity index (χ3n) is 2.05. The van der Waals surface area contributed by atoms with Gasteiger partial charge in [-0.3, -0.25) is 0 Å². The molecule has 0 saturated carbocycles. The molecule has 86 valence electrons. The SMILES string of the molecule is Cc1ncc(CNCc2nc(CN)cs2)s1. The third-order valence-corrected chi connectivity index (χ3v) is 3.86. The maximum atomic E-state index is 5.50. The van der Waals surface area contributed by atoms with Crippen LogP contribution in [0.3, 0.4) is 0 Å². The van der Waals surface area contributed by atoms with Crippen LogP contribution >= 0.6 is 22.7 Å². The van der Waals surface area contributed by atoms with Crippen LogP contribution in [-0.2, 0) is 19.6 Å². The minimum Gasteiger partial charge on any atom is -0.325 e. The van der Waals surface area contributed by atoms with Crippen molar-refractivity contribution >= 4 is 22.7 Å². The van der Waals surface area contributed by atoms with Crippen molar-refractivity contribution in [3.8, 4) is 0 Å². The second kappa shape index (κ2) is 5.49. The Morgan fingerprint density at radius 1 is 1.44 bits per heavy atom. The lowest BCUT2D eigenvalue weighted by molar-refractivity contribution is 0.694. The quantitative estimate of drug-likeness (QED) is 0.851. The van der Waals surface area contributed by atoms with E-state index in [0.717, 1.165) is 28.8 Å². The van der Waals surface area contributed by atoms with E-state index in [2.05, 4.69) is 15.3 Å². The molecule has 16 heavy (non-hydrogen) atoms. The Labute approximate surface area is 103 Å². The number of nitrogens with zero attached hydrogens (tertiary/aromatic N) is 2. The Kier molecular flexibility index (Phi) is 4.00. The van der Waals surface area contributed by atoms with Crippen LogP contribution in [0.1, 0.15) is 20.6 Å². The molecule has 2 aromatic rings. The smallest absolute Gasteiger partial charge is 0.107 e. The summed E-state index contributed by atoms with van der Waals surface area (Å²) in [5.74, 6) is 0. The van der Waals surface area contributed by atoms with Gasteiger partial charge < -0.3 is 11.1 Å². The molecule has 4 nitrogen and oxygen atoms in total. The van der Waals surface area contributed by atoms with Crippen molar-refractivity contribution in [3.63, 3.8) is 0 Å². The molecule has 6 heteroatoms. The average molecular weight is 254 g/mol. The van der Waals surface area contributed by atoms with Crippen molar-refractivity contribution < 1.29 is 0 Å². The normalized spacial score (nSPS) is 10.9. The highest BCUT2D eigenvalue weighted by atomic mass is 32.1. The second-order valence-electron chi connectivity index (χ2n) is 3.39. The van der Waals surface area contributed by atoms with Crippen LogP contribution in [0.4, 0.5) is 0 Å². The van der Waals surface area contributed by atoms with Gasteiger partial charge in [-0.1, -0.05) is 0 Å². The van der Waals surface area contributed by atoms with Crippen molar-refractivity contribution in [3.05, 3.63) is 32.2 Å². The molecule has 0 fully saturated rings. The third kappa shape index (κ3) is 3.08. The molecule has 2 rings (SSSR count). The van der Waals surface area contributed by atoms with E-state index in [1.54, 1.807) is 22.7 Å². The zero-order valence-corrected chi connectivity index (χ0v) is 10.7. The van der Waals surface area contributed by atoms with Gasteiger partial charge in [0.1, 0.15) is 5.01 Å². The predicted molar refractivity (Wildman–Crippen MR) is 67.4 cm³/mol. The lowest BCUT2D eigenvalue weighted by Crippen LogP contribution is -2.11. The largest absolute Gasteiger partial charge is 0.325 e. The van der Waals surface area contributed by atoms with Crippen molar-refractivity contribution in [2.24, 2.45) is 5.73 Å². The van der Waals surface area contributed by atoms with Gasteiger partial charge in [0.2, 0.25) is 0 Å². The first kappa shape index (κ1) is 11.7. The molecular formula is C10H14N4S2. The van der Waals surface area contributed by atoms with E-state index >= 15 is 0 Å². The Hall–Kier alpha value is -0.820. The lowest BCUT2D eigenvalue weighted by Gasteiger charge is -1.98. The van der Waals surface area contributed by atoms with Crippen LogP contribution in [-0.4, -0.2) is 9.97 Å². The summed E-state index contributed by atoms with van der Waals surface area (Å²) in [6, 6.07) is 0. The number of aromatic nitrogens is 2. The van der Waals surface area contributed by atoms with E-state index in [0.29, 0.717) is 6.54 Å². The summed E-state index contributed by atoms with van der Waals surface area (Å²) >= 11 is 3.37. The number of hydrogen-bond donors (Lipinski definition) is 2. The molecular weight excluding hydrogens is 240 g/mol. The molecule has 0 amide bonds. The Bertz CT molecular complexity index is 449. The van der Waals surface area contributed by atoms with Crippen LogP contribution in [0.5, 0.6) is 0 Å². The maximum Gasteiger partial charge on any atom is 0.107 e. The van der Waals surface area contributed by atoms with E-state index in [1.165, 1.54) is 4.88 Å². The highest BCUT2D eigenvalue weighted by molar-refractivity contribution is 7.11. The van der Waals surface area contributed by atoms with Crippen LogP contribution in [0.25, 0.3) is 0 Å². The molecule has 0 saturated heterocycles. The molecule has 0 atom stereocenters. The average Bonchev–Trinajstić information content (AvgIpc) is 2.88. The standard InChI is InChI=1S/C10H14N4S2/c1-7-13-4-9(16-7)3-12-5-10-14-8(2-11)6-15-10/h4,6,12H,2-3,5,11H2,1H3. The van der Waals surface area contributed by atoms with Gasteiger partial charge in [-0.2, -0.15) is 0 Å². The van der Waals surface area contributed by atoms with E-state index in [4.69, 9.17) is 5.73 Å². The van der Waals surface area contributed by atoms with E-state index in [1.807, 2.05) is 18.5 Å². The van der Waals surface area contributed by atoms with Crippen molar-refractivity contribution in [2.45, 2.75) is 26.6 Å². The number of aryl methyl sites for hydroxylation is 1. The van der Waals surface area contributed by atoms with E-state index in [-0.39, 0.29) is 0 Å². The van der Waals surface area contributed by atoms with Gasteiger partial charge in [-0.05, 0) is 6.92 Å². The first-order chi connectivity index (χ1) is 7.78. The molecule has 0 unspecified atom stereocenters. The predicted octanol–water partition coefficient (Wildman–Crippen LogP) is 1.66. The van der Waals surface area contributed by atoms with Crippen molar-refractivity contribution in [2.75, 3.05) is 0 Å². The summed E-state index contributed by atoms with van der Waals surface area (Å²) in [6.07, 6.45) is 1.92. The van der Waals surface area contributed by atoms with Gasteiger partial charge in [0.15, 0.2) is 0 Å². The van der Waals surface area contributed by atoms with Crippen molar-refractivity contribution in [1.82, 2.24) is 15.3 Å². The zero-order chi connectivity index (χ0) is 11.4. The molecule has 0 radical (unpaired) electrons. The van der Waals surface area contributed by atoms with Crippen LogP contribution < -0.4 is 11.1 Å². The number of nitrogens with two attached hydrogens (primary N) is 1. The number of nitrogens with one attached hydrogen (secondary N) is 1. The fraction of sp³-hybridized carbons (Fsp3) is 0.400.